The molecule has 1 amide bonds. The van der Waals surface area contributed by atoms with E-state index in [9.17, 15) is 14.7 Å². The van der Waals surface area contributed by atoms with Crippen molar-refractivity contribution in [3.63, 3.8) is 0 Å². The Hall–Kier alpha value is -0.590. The van der Waals surface area contributed by atoms with Crippen LogP contribution in [0.4, 0.5) is 0 Å². The molecule has 20 heavy (non-hydrogen) atoms. The van der Waals surface area contributed by atoms with E-state index < -0.39 is 6.10 Å². The third-order valence-electron chi connectivity index (χ3n) is 3.24. The van der Waals surface area contributed by atoms with Gasteiger partial charge in [-0.25, -0.2) is 0 Å². The Labute approximate surface area is 124 Å². The summed E-state index contributed by atoms with van der Waals surface area (Å²) in [6.07, 6.45) is 3.54. The minimum atomic E-state index is -0.633. The summed E-state index contributed by atoms with van der Waals surface area (Å²) in [5.74, 6) is 0.448. The maximum Gasteiger partial charge on any atom is 0.216 e. The Kier molecular flexibility index (Phi) is 8.18. The standard InChI is InChI=1S/C14H25NO4S/c1-10-4-3-5-13(19-10)8-12(17)9-14(18)20-7-6-15-11(2)16/h10,12-13,17H,3-9H2,1-2H3,(H,15,16)/t10-,12-,13+/m0/s1. The highest BCUT2D eigenvalue weighted by Gasteiger charge is 2.23. The third-order valence-corrected chi connectivity index (χ3v) is 4.13. The molecule has 2 N–H and O–H groups in total. The highest BCUT2D eigenvalue weighted by molar-refractivity contribution is 8.13. The molecule has 3 atom stereocenters. The van der Waals surface area contributed by atoms with Gasteiger partial charge in [-0.15, -0.1) is 0 Å². The van der Waals surface area contributed by atoms with Gasteiger partial charge < -0.3 is 15.2 Å². The first-order chi connectivity index (χ1) is 9.47. The van der Waals surface area contributed by atoms with Crippen molar-refractivity contribution in [2.24, 2.45) is 0 Å². The molecule has 0 aliphatic carbocycles. The molecule has 1 aliphatic rings. The van der Waals surface area contributed by atoms with Crippen LogP contribution in [0.2, 0.25) is 0 Å². The number of hydrogen-bond acceptors (Lipinski definition) is 5. The van der Waals surface area contributed by atoms with Crippen LogP contribution in [0.3, 0.4) is 0 Å². The summed E-state index contributed by atoms with van der Waals surface area (Å²) in [6.45, 7) is 3.97. The molecular formula is C14H25NO4S. The molecule has 0 unspecified atom stereocenters. The topological polar surface area (TPSA) is 75.6 Å². The lowest BCUT2D eigenvalue weighted by atomic mass is 9.99. The fourth-order valence-corrected chi connectivity index (χ4v) is 3.04. The average Bonchev–Trinajstić information content (AvgIpc) is 2.34. The van der Waals surface area contributed by atoms with Gasteiger partial charge in [0.25, 0.3) is 0 Å². The number of nitrogens with one attached hydrogen (secondary N) is 1. The molecule has 1 fully saturated rings. The largest absolute Gasteiger partial charge is 0.393 e. The molecule has 1 saturated heterocycles. The number of carbonyl (C=O) groups excluding carboxylic acids is 2. The molecular weight excluding hydrogens is 278 g/mol. The SMILES string of the molecule is CC(=O)NCCSC(=O)C[C@@H](O)C[C@H]1CCC[C@H](C)O1. The first-order valence-electron chi connectivity index (χ1n) is 7.21. The van der Waals surface area contributed by atoms with E-state index in [2.05, 4.69) is 5.32 Å². The lowest BCUT2D eigenvalue weighted by molar-refractivity contribution is -0.119. The van der Waals surface area contributed by atoms with Crippen molar-refractivity contribution >= 4 is 22.8 Å². The van der Waals surface area contributed by atoms with Crippen molar-refractivity contribution in [2.45, 2.75) is 64.3 Å². The maximum absolute atomic E-state index is 11.7. The highest BCUT2D eigenvalue weighted by atomic mass is 32.2. The Morgan fingerprint density at radius 1 is 1.45 bits per heavy atom. The average molecular weight is 303 g/mol. The predicted molar refractivity (Wildman–Crippen MR) is 79.6 cm³/mol. The second kappa shape index (κ2) is 9.37. The predicted octanol–water partition coefficient (Wildman–Crippen LogP) is 1.48. The number of aliphatic hydroxyl groups is 1. The lowest BCUT2D eigenvalue weighted by Crippen LogP contribution is -2.29. The number of rotatable bonds is 7. The summed E-state index contributed by atoms with van der Waals surface area (Å²) >= 11 is 1.15. The van der Waals surface area contributed by atoms with Gasteiger partial charge in [0.15, 0.2) is 5.12 Å². The summed E-state index contributed by atoms with van der Waals surface area (Å²) < 4.78 is 5.74. The van der Waals surface area contributed by atoms with Gasteiger partial charge in [0.2, 0.25) is 5.91 Å². The summed E-state index contributed by atoms with van der Waals surface area (Å²) in [4.78, 5) is 22.3. The quantitative estimate of drug-likeness (QED) is 0.697. The molecule has 1 aliphatic heterocycles. The molecule has 0 aromatic rings. The maximum atomic E-state index is 11.7. The summed E-state index contributed by atoms with van der Waals surface area (Å²) in [5.41, 5.74) is 0. The molecule has 0 spiro atoms. The fourth-order valence-electron chi connectivity index (χ4n) is 2.30. The van der Waals surface area contributed by atoms with Gasteiger partial charge in [-0.3, -0.25) is 9.59 Å². The number of carbonyl (C=O) groups is 2. The minimum Gasteiger partial charge on any atom is -0.393 e. The van der Waals surface area contributed by atoms with E-state index in [4.69, 9.17) is 4.74 Å². The van der Waals surface area contributed by atoms with Gasteiger partial charge in [0.05, 0.1) is 18.3 Å². The Morgan fingerprint density at radius 2 is 2.20 bits per heavy atom. The van der Waals surface area contributed by atoms with Crippen LogP contribution < -0.4 is 5.32 Å². The molecule has 5 nitrogen and oxygen atoms in total. The molecule has 1 rings (SSSR count). The van der Waals surface area contributed by atoms with E-state index in [-0.39, 0.29) is 29.7 Å². The Morgan fingerprint density at radius 3 is 2.85 bits per heavy atom. The van der Waals surface area contributed by atoms with Gasteiger partial charge in [0, 0.05) is 25.6 Å². The molecule has 0 bridgehead atoms. The van der Waals surface area contributed by atoms with E-state index in [1.807, 2.05) is 6.92 Å². The smallest absolute Gasteiger partial charge is 0.216 e. The number of aliphatic hydroxyl groups excluding tert-OH is 1. The zero-order chi connectivity index (χ0) is 15.0. The van der Waals surface area contributed by atoms with Crippen LogP contribution in [0, 0.1) is 0 Å². The Balaban J connectivity index is 2.12. The second-order valence-electron chi connectivity index (χ2n) is 5.30. The van der Waals surface area contributed by atoms with Crippen LogP contribution in [-0.2, 0) is 14.3 Å². The first-order valence-corrected chi connectivity index (χ1v) is 8.19. The first kappa shape index (κ1) is 17.5. The molecule has 0 aromatic heterocycles. The van der Waals surface area contributed by atoms with E-state index in [0.29, 0.717) is 18.7 Å². The zero-order valence-corrected chi connectivity index (χ0v) is 13.1. The van der Waals surface area contributed by atoms with E-state index in [1.54, 1.807) is 0 Å². The van der Waals surface area contributed by atoms with Crippen molar-refractivity contribution in [3.8, 4) is 0 Å². The fraction of sp³-hybridized carbons (Fsp3) is 0.857. The van der Waals surface area contributed by atoms with Crippen molar-refractivity contribution in [1.82, 2.24) is 5.32 Å². The van der Waals surface area contributed by atoms with Gasteiger partial charge in [-0.05, 0) is 32.6 Å². The van der Waals surface area contributed by atoms with Crippen LogP contribution in [-0.4, -0.2) is 46.7 Å². The monoisotopic (exact) mass is 303 g/mol. The Bertz CT molecular complexity index is 324. The van der Waals surface area contributed by atoms with Gasteiger partial charge in [-0.1, -0.05) is 11.8 Å². The van der Waals surface area contributed by atoms with Crippen LogP contribution in [0.5, 0.6) is 0 Å². The van der Waals surface area contributed by atoms with E-state index in [0.717, 1.165) is 31.0 Å². The van der Waals surface area contributed by atoms with Crippen molar-refractivity contribution in [3.05, 3.63) is 0 Å². The number of amides is 1. The van der Waals surface area contributed by atoms with Crippen LogP contribution in [0.25, 0.3) is 0 Å². The second-order valence-corrected chi connectivity index (χ2v) is 6.45. The minimum absolute atomic E-state index is 0.0355. The van der Waals surface area contributed by atoms with Crippen molar-refractivity contribution < 1.29 is 19.4 Å². The van der Waals surface area contributed by atoms with E-state index in [1.165, 1.54) is 6.92 Å². The molecule has 1 heterocycles. The van der Waals surface area contributed by atoms with Crippen molar-refractivity contribution in [2.75, 3.05) is 12.3 Å². The number of thioether (sulfide) groups is 1. The van der Waals surface area contributed by atoms with E-state index >= 15 is 0 Å². The summed E-state index contributed by atoms with van der Waals surface area (Å²) in [7, 11) is 0. The van der Waals surface area contributed by atoms with Crippen LogP contribution in [0.15, 0.2) is 0 Å². The number of ether oxygens (including phenoxy) is 1. The van der Waals surface area contributed by atoms with Gasteiger partial charge in [0.1, 0.15) is 0 Å². The lowest BCUT2D eigenvalue weighted by Gasteiger charge is -2.29. The summed E-state index contributed by atoms with van der Waals surface area (Å²) in [6, 6.07) is 0. The van der Waals surface area contributed by atoms with Crippen LogP contribution >= 0.6 is 11.8 Å². The zero-order valence-electron chi connectivity index (χ0n) is 12.3. The van der Waals surface area contributed by atoms with Gasteiger partial charge in [-0.2, -0.15) is 0 Å². The normalized spacial score (nSPS) is 24.1. The molecule has 116 valence electrons. The molecule has 0 saturated carbocycles. The third kappa shape index (κ3) is 7.87. The number of hydrogen-bond donors (Lipinski definition) is 2. The molecule has 6 heteroatoms. The molecule has 0 aromatic carbocycles. The van der Waals surface area contributed by atoms with Crippen LogP contribution in [0.1, 0.15) is 46.0 Å². The van der Waals surface area contributed by atoms with Crippen molar-refractivity contribution in [1.29, 1.82) is 0 Å². The van der Waals surface area contributed by atoms with Gasteiger partial charge >= 0.3 is 0 Å². The highest BCUT2D eigenvalue weighted by Crippen LogP contribution is 2.23. The molecule has 0 radical (unpaired) electrons. The summed E-state index contributed by atoms with van der Waals surface area (Å²) in [5, 5.41) is 12.5.